The topological polar surface area (TPSA) is 149 Å². The van der Waals surface area contributed by atoms with E-state index < -0.39 is 7.82 Å². The van der Waals surface area contributed by atoms with Gasteiger partial charge in [0.2, 0.25) is 0 Å². The second-order valence-electron chi connectivity index (χ2n) is 16.9. The molecule has 0 aromatic carbocycles. The van der Waals surface area contributed by atoms with E-state index in [2.05, 4.69) is 34.6 Å². The van der Waals surface area contributed by atoms with Gasteiger partial charge in [0.25, 0.3) is 0 Å². The van der Waals surface area contributed by atoms with E-state index in [-0.39, 0.29) is 26.4 Å². The van der Waals surface area contributed by atoms with Crippen LogP contribution in [0.3, 0.4) is 0 Å². The van der Waals surface area contributed by atoms with Crippen LogP contribution in [0.5, 0.6) is 0 Å². The maximum atomic E-state index is 8.88. The highest BCUT2D eigenvalue weighted by Gasteiger charge is 2.13. The molecule has 59 heavy (non-hydrogen) atoms. The van der Waals surface area contributed by atoms with E-state index in [1.807, 2.05) is 0 Å². The summed E-state index contributed by atoms with van der Waals surface area (Å²) in [6.07, 6.45) is 46.6. The van der Waals surface area contributed by atoms with E-state index in [9.17, 15) is 0 Å². The van der Waals surface area contributed by atoms with E-state index in [1.54, 1.807) is 0 Å². The lowest BCUT2D eigenvalue weighted by molar-refractivity contribution is -0.371. The van der Waals surface area contributed by atoms with Crippen molar-refractivity contribution in [2.75, 3.05) is 46.2 Å². The second kappa shape index (κ2) is 54.0. The smallest absolute Gasteiger partial charge is 0.394 e. The minimum Gasteiger partial charge on any atom is -0.394 e. The van der Waals surface area contributed by atoms with Gasteiger partial charge in [0.05, 0.1) is 33.0 Å². The molecule has 0 fully saturated rings. The van der Waals surface area contributed by atoms with Crippen molar-refractivity contribution in [1.82, 2.24) is 5.23 Å². The molecule has 0 bridgehead atoms. The molecule has 0 aromatic rings. The highest BCUT2D eigenvalue weighted by Crippen LogP contribution is 2.26. The molecule has 0 heterocycles. The van der Waals surface area contributed by atoms with Crippen LogP contribution in [0, 0.1) is 11.8 Å². The molecule has 0 spiro atoms. The van der Waals surface area contributed by atoms with E-state index >= 15 is 0 Å². The van der Waals surface area contributed by atoms with E-state index in [1.165, 1.54) is 211 Å². The molecule has 11 heteroatoms. The third-order valence-corrected chi connectivity index (χ3v) is 10.9. The number of aliphatic hydroxyl groups excluding tert-OH is 2. The minimum absolute atomic E-state index is 0.0307. The quantitative estimate of drug-likeness (QED) is 0.0227. The number of phosphoric acid groups is 1. The van der Waals surface area contributed by atoms with Gasteiger partial charge in [-0.3, -0.25) is 9.68 Å². The van der Waals surface area contributed by atoms with E-state index in [0.29, 0.717) is 6.54 Å². The van der Waals surface area contributed by atoms with E-state index in [4.69, 9.17) is 43.9 Å². The van der Waals surface area contributed by atoms with Crippen molar-refractivity contribution < 1.29 is 43.9 Å². The molecular formula is C48H104NO9P. The summed E-state index contributed by atoms with van der Waals surface area (Å²) in [6.45, 7) is 14.6. The number of hydrogen-bond acceptors (Lipinski definition) is 7. The Bertz CT molecular complexity index is 743. The molecule has 0 rings (SSSR count). The summed E-state index contributed by atoms with van der Waals surface area (Å²) < 4.78 is 15.3. The first-order valence-electron chi connectivity index (χ1n) is 25.2. The highest BCUT2D eigenvalue weighted by atomic mass is 31.2. The lowest BCUT2D eigenvalue weighted by Gasteiger charge is -2.21. The fraction of sp³-hybridized carbons (Fsp3) is 1.00. The molecule has 0 aliphatic heterocycles. The molecule has 0 aliphatic carbocycles. The number of unbranched alkanes of at least 4 members (excludes halogenated alkanes) is 25. The molecule has 5 N–H and O–H groups in total. The maximum Gasteiger partial charge on any atom is 0.466 e. The molecule has 10 nitrogen and oxygen atoms in total. The standard InChI is InChI=1S/C32H66O.C16H35NO4.H3O4P/c1-5-9-13-17-19-23-27-31(25-21-15-11-7-3)29-33-30-32(26-22-16-12-8-4)28-24-20-18-14-10-6-2;1-2-3-4-5-6-7-8-9-10-11-12-17(20-15-13-18)21-16-14-19;1-5(2,3)4/h31-32H,5-30H2,1-4H3;18-19H,2-16H2,1H3;(H3,1,2,3,4). The Morgan fingerprint density at radius 2 is 0.644 bits per heavy atom. The average Bonchev–Trinajstić information content (AvgIpc) is 3.21. The van der Waals surface area contributed by atoms with Crippen LogP contribution in [0.25, 0.3) is 0 Å². The first-order valence-corrected chi connectivity index (χ1v) is 26.8. The molecule has 0 amide bonds. The second-order valence-corrected chi connectivity index (χ2v) is 18.0. The van der Waals surface area contributed by atoms with Crippen molar-refractivity contribution in [3.8, 4) is 0 Å². The Kier molecular flexibility index (Phi) is 57.8. The van der Waals surface area contributed by atoms with Gasteiger partial charge >= 0.3 is 7.82 Å². The van der Waals surface area contributed by atoms with Crippen LogP contribution in [-0.4, -0.2) is 76.3 Å². The molecule has 2 atom stereocenters. The Hall–Kier alpha value is -0.130. The molecule has 0 radical (unpaired) electrons. The summed E-state index contributed by atoms with van der Waals surface area (Å²) >= 11 is 0. The summed E-state index contributed by atoms with van der Waals surface area (Å²) in [6, 6.07) is 0. The van der Waals surface area contributed by atoms with Crippen molar-refractivity contribution in [3.63, 3.8) is 0 Å². The average molecular weight is 870 g/mol. The first kappa shape index (κ1) is 63.2. The van der Waals surface area contributed by atoms with Gasteiger partial charge in [-0.25, -0.2) is 4.57 Å². The van der Waals surface area contributed by atoms with Gasteiger partial charge in [0.15, 0.2) is 0 Å². The van der Waals surface area contributed by atoms with Gasteiger partial charge in [-0.1, -0.05) is 226 Å². The largest absolute Gasteiger partial charge is 0.466 e. The number of nitrogens with zero attached hydrogens (tertiary/aromatic N) is 1. The molecule has 2 unspecified atom stereocenters. The molecule has 0 saturated heterocycles. The van der Waals surface area contributed by atoms with Crippen LogP contribution in [0.4, 0.5) is 0 Å². The zero-order valence-corrected chi connectivity index (χ0v) is 40.8. The Morgan fingerprint density at radius 1 is 0.407 bits per heavy atom. The lowest BCUT2D eigenvalue weighted by atomic mass is 9.94. The number of hydrogen-bond donors (Lipinski definition) is 5. The Labute approximate surface area is 366 Å². The maximum absolute atomic E-state index is 8.88. The van der Waals surface area contributed by atoms with E-state index in [0.717, 1.165) is 37.9 Å². The zero-order valence-electron chi connectivity index (χ0n) is 39.9. The van der Waals surface area contributed by atoms with Crippen molar-refractivity contribution >= 4 is 7.82 Å². The van der Waals surface area contributed by atoms with Gasteiger partial charge in [0, 0.05) is 13.2 Å². The zero-order chi connectivity index (χ0) is 44.3. The fourth-order valence-electron chi connectivity index (χ4n) is 7.35. The normalized spacial score (nSPS) is 12.6. The van der Waals surface area contributed by atoms with Crippen molar-refractivity contribution in [1.29, 1.82) is 0 Å². The SMILES string of the molecule is CCCCCCCCC(CCCCCC)COCC(CCCCCC)CCCCCCCC.CCCCCCCCCCCCN(OCCO)OCCO.O=P(O)(O)O. The minimum atomic E-state index is -4.64. The molecule has 0 saturated carbocycles. The van der Waals surface area contributed by atoms with Gasteiger partial charge in [-0.05, 0) is 43.9 Å². The predicted octanol–water partition coefficient (Wildman–Crippen LogP) is 13.8. The lowest BCUT2D eigenvalue weighted by Crippen LogP contribution is -2.28. The van der Waals surface area contributed by atoms with Crippen LogP contribution >= 0.6 is 7.82 Å². The Morgan fingerprint density at radius 3 is 0.915 bits per heavy atom. The van der Waals surface area contributed by atoms with Crippen LogP contribution in [0.15, 0.2) is 0 Å². The summed E-state index contributed by atoms with van der Waals surface area (Å²) in [5.41, 5.74) is 0. The van der Waals surface area contributed by atoms with Gasteiger partial charge < -0.3 is 29.6 Å². The van der Waals surface area contributed by atoms with Crippen molar-refractivity contribution in [3.05, 3.63) is 0 Å². The third-order valence-electron chi connectivity index (χ3n) is 10.9. The number of hydroxylamine groups is 2. The summed E-state index contributed by atoms with van der Waals surface area (Å²) in [5.74, 6) is 1.62. The van der Waals surface area contributed by atoms with Crippen LogP contribution < -0.4 is 0 Å². The van der Waals surface area contributed by atoms with Gasteiger partial charge in [0.1, 0.15) is 0 Å². The summed E-state index contributed by atoms with van der Waals surface area (Å²) in [5, 5.41) is 18.8. The predicted molar refractivity (Wildman–Crippen MR) is 250 cm³/mol. The highest BCUT2D eigenvalue weighted by molar-refractivity contribution is 7.45. The van der Waals surface area contributed by atoms with Crippen LogP contribution in [0.1, 0.15) is 253 Å². The van der Waals surface area contributed by atoms with Gasteiger partial charge in [-0.2, -0.15) is 0 Å². The molecule has 0 aromatic heterocycles. The number of rotatable bonds is 45. The first-order chi connectivity index (χ1) is 28.6. The third kappa shape index (κ3) is 62.2. The summed E-state index contributed by atoms with van der Waals surface area (Å²) in [7, 11) is -4.64. The summed E-state index contributed by atoms with van der Waals surface area (Å²) in [4.78, 5) is 32.0. The van der Waals surface area contributed by atoms with Gasteiger partial charge in [-0.15, -0.1) is 0 Å². The van der Waals surface area contributed by atoms with Crippen molar-refractivity contribution in [2.45, 2.75) is 253 Å². The monoisotopic (exact) mass is 870 g/mol. The molecule has 0 aliphatic rings. The Balaban J connectivity index is -0.00000103. The van der Waals surface area contributed by atoms with Crippen LogP contribution in [0.2, 0.25) is 0 Å². The fourth-order valence-corrected chi connectivity index (χ4v) is 7.35. The number of ether oxygens (including phenoxy) is 1. The van der Waals surface area contributed by atoms with Crippen LogP contribution in [-0.2, 0) is 19.0 Å². The number of aliphatic hydroxyl groups is 2. The van der Waals surface area contributed by atoms with Crippen molar-refractivity contribution in [2.24, 2.45) is 11.8 Å². The molecular weight excluding hydrogens is 766 g/mol. The molecule has 360 valence electrons.